The Morgan fingerprint density at radius 3 is 2.65 bits per heavy atom. The van der Waals surface area contributed by atoms with Crippen molar-refractivity contribution < 1.29 is 15.3 Å². The minimum absolute atomic E-state index is 0.148. The quantitative estimate of drug-likeness (QED) is 0.572. The lowest BCUT2D eigenvalue weighted by atomic mass is 10.1. The number of hydrogen-bond acceptors (Lipinski definition) is 6. The Morgan fingerprint density at radius 2 is 2.10 bits per heavy atom. The lowest BCUT2D eigenvalue weighted by Gasteiger charge is -2.17. The highest BCUT2D eigenvalue weighted by Crippen LogP contribution is 2.40. The molecule has 4 atom stereocenters. The van der Waals surface area contributed by atoms with Crippen molar-refractivity contribution in [1.29, 1.82) is 0 Å². The molecule has 0 bridgehead atoms. The van der Waals surface area contributed by atoms with Gasteiger partial charge in [0.25, 0.3) is 5.56 Å². The number of aromatic amines is 1. The fourth-order valence-electron chi connectivity index (χ4n) is 1.99. The van der Waals surface area contributed by atoms with Crippen LogP contribution in [0.2, 0.25) is 0 Å². The summed E-state index contributed by atoms with van der Waals surface area (Å²) in [5, 5.41) is 27.4. The average Bonchev–Trinajstić information content (AvgIpc) is 2.70. The van der Waals surface area contributed by atoms with Gasteiger partial charge in [-0.25, -0.2) is 4.79 Å². The van der Waals surface area contributed by atoms with Crippen LogP contribution in [0.3, 0.4) is 0 Å². The summed E-state index contributed by atoms with van der Waals surface area (Å²) in [6.07, 6.45) is 0.185. The molecular formula is C11H13ClN2O5S. The van der Waals surface area contributed by atoms with Gasteiger partial charge in [-0.2, -0.15) is 0 Å². The lowest BCUT2D eigenvalue weighted by molar-refractivity contribution is 0.0101. The van der Waals surface area contributed by atoms with Crippen LogP contribution in [0.15, 0.2) is 21.3 Å². The average molecular weight is 321 g/mol. The number of hydrogen-bond donors (Lipinski definition) is 4. The number of thioether (sulfide) groups is 1. The third-order valence-electron chi connectivity index (χ3n) is 3.03. The van der Waals surface area contributed by atoms with E-state index < -0.39 is 34.1 Å². The Kier molecular flexibility index (Phi) is 4.71. The topological polar surface area (TPSA) is 116 Å². The van der Waals surface area contributed by atoms with Crippen LogP contribution in [-0.2, 0) is 0 Å². The van der Waals surface area contributed by atoms with Gasteiger partial charge in [0.2, 0.25) is 0 Å². The summed E-state index contributed by atoms with van der Waals surface area (Å²) in [7, 11) is 0. The molecule has 0 saturated carbocycles. The third kappa shape index (κ3) is 2.70. The van der Waals surface area contributed by atoms with Gasteiger partial charge in [0.1, 0.15) is 11.5 Å². The summed E-state index contributed by atoms with van der Waals surface area (Å²) in [5.74, 6) is 0. The van der Waals surface area contributed by atoms with Crippen LogP contribution in [0.4, 0.5) is 0 Å². The zero-order chi connectivity index (χ0) is 14.9. The van der Waals surface area contributed by atoms with E-state index in [0.717, 1.165) is 21.9 Å². The minimum atomic E-state index is -1.23. The van der Waals surface area contributed by atoms with Gasteiger partial charge in [-0.15, -0.1) is 11.8 Å². The highest BCUT2D eigenvalue weighted by molar-refractivity contribution is 8.00. The molecule has 20 heavy (non-hydrogen) atoms. The van der Waals surface area contributed by atoms with Crippen LogP contribution in [0.25, 0.3) is 6.08 Å². The van der Waals surface area contributed by atoms with Crippen molar-refractivity contribution in [1.82, 2.24) is 9.55 Å². The van der Waals surface area contributed by atoms with Crippen LogP contribution in [0.5, 0.6) is 0 Å². The van der Waals surface area contributed by atoms with E-state index >= 15 is 0 Å². The normalized spacial score (nSPS) is 30.2. The number of H-pyrrole nitrogens is 1. The summed E-state index contributed by atoms with van der Waals surface area (Å²) in [4.78, 5) is 25.4. The fraction of sp³-hybridized carbons (Fsp3) is 0.455. The fourth-order valence-corrected chi connectivity index (χ4v) is 3.50. The first-order valence-corrected chi connectivity index (χ1v) is 7.12. The number of aromatic nitrogens is 2. The zero-order valence-corrected chi connectivity index (χ0v) is 11.7. The molecule has 1 aromatic heterocycles. The van der Waals surface area contributed by atoms with E-state index in [1.54, 1.807) is 0 Å². The summed E-state index contributed by atoms with van der Waals surface area (Å²) in [6, 6.07) is 0. The molecule has 9 heteroatoms. The molecule has 0 amide bonds. The van der Waals surface area contributed by atoms with Gasteiger partial charge in [0.05, 0.1) is 23.5 Å². The molecule has 1 saturated heterocycles. The number of nitrogens with one attached hydrogen (secondary N) is 1. The first kappa shape index (κ1) is 15.3. The maximum Gasteiger partial charge on any atom is 0.329 e. The molecule has 1 aliphatic rings. The molecule has 110 valence electrons. The van der Waals surface area contributed by atoms with E-state index in [9.17, 15) is 19.8 Å². The van der Waals surface area contributed by atoms with Gasteiger partial charge in [-0.3, -0.25) is 14.3 Å². The molecule has 0 spiro atoms. The van der Waals surface area contributed by atoms with Crippen LogP contribution >= 0.6 is 23.4 Å². The van der Waals surface area contributed by atoms with Gasteiger partial charge in [-0.1, -0.05) is 11.6 Å². The number of halogens is 1. The maximum absolute atomic E-state index is 11.8. The lowest BCUT2D eigenvalue weighted by Crippen LogP contribution is -2.38. The van der Waals surface area contributed by atoms with E-state index in [2.05, 4.69) is 4.98 Å². The van der Waals surface area contributed by atoms with E-state index in [-0.39, 0.29) is 12.2 Å². The molecule has 7 nitrogen and oxygen atoms in total. The molecule has 2 heterocycles. The van der Waals surface area contributed by atoms with Crippen molar-refractivity contribution in [2.45, 2.75) is 22.8 Å². The zero-order valence-electron chi connectivity index (χ0n) is 10.1. The molecule has 0 radical (unpaired) electrons. The first-order chi connectivity index (χ1) is 9.49. The smallest absolute Gasteiger partial charge is 0.329 e. The van der Waals surface area contributed by atoms with Crippen molar-refractivity contribution in [2.24, 2.45) is 0 Å². The van der Waals surface area contributed by atoms with Gasteiger partial charge < -0.3 is 15.3 Å². The molecule has 1 aliphatic heterocycles. The highest BCUT2D eigenvalue weighted by atomic mass is 35.5. The third-order valence-corrected chi connectivity index (χ3v) is 4.72. The predicted octanol–water partition coefficient (Wildman–Crippen LogP) is -0.926. The van der Waals surface area contributed by atoms with Crippen molar-refractivity contribution in [3.05, 3.63) is 38.1 Å². The van der Waals surface area contributed by atoms with Gasteiger partial charge in [0, 0.05) is 11.7 Å². The molecule has 0 aromatic carbocycles. The predicted molar refractivity (Wildman–Crippen MR) is 75.7 cm³/mol. The largest absolute Gasteiger partial charge is 0.395 e. The summed E-state index contributed by atoms with van der Waals surface area (Å²) >= 11 is 6.47. The van der Waals surface area contributed by atoms with Crippen molar-refractivity contribution in [3.8, 4) is 0 Å². The SMILES string of the molecule is O=c1[nH]c(=O)n([C@H]2S[C@H](CO)[C@@H](O)[C@@H]2O)cc1/C=C/Cl. The second kappa shape index (κ2) is 6.15. The highest BCUT2D eigenvalue weighted by Gasteiger charge is 2.43. The maximum atomic E-state index is 11.8. The monoisotopic (exact) mass is 320 g/mol. The molecule has 0 unspecified atom stereocenters. The van der Waals surface area contributed by atoms with Crippen molar-refractivity contribution in [2.75, 3.05) is 6.61 Å². The molecule has 2 rings (SSSR count). The summed E-state index contributed by atoms with van der Waals surface area (Å²) in [5.41, 5.74) is -0.0264. The van der Waals surface area contributed by atoms with Crippen molar-refractivity contribution >= 4 is 29.4 Å². The van der Waals surface area contributed by atoms with Crippen LogP contribution in [0.1, 0.15) is 10.9 Å². The number of aliphatic hydroxyl groups excluding tert-OH is 3. The molecule has 1 fully saturated rings. The van der Waals surface area contributed by atoms with E-state index in [1.165, 1.54) is 12.3 Å². The van der Waals surface area contributed by atoms with E-state index in [1.807, 2.05) is 0 Å². The molecule has 4 N–H and O–H groups in total. The number of rotatable bonds is 3. The number of aliphatic hydroxyl groups is 3. The molecule has 1 aromatic rings. The Hall–Kier alpha value is -1.06. The Bertz CT molecular complexity index is 628. The minimum Gasteiger partial charge on any atom is -0.395 e. The Morgan fingerprint density at radius 1 is 1.40 bits per heavy atom. The number of nitrogens with zero attached hydrogens (tertiary/aromatic N) is 1. The van der Waals surface area contributed by atoms with Crippen molar-refractivity contribution in [3.63, 3.8) is 0 Å². The standard InChI is InChI=1S/C11H13ClN2O5S/c12-2-1-5-3-14(11(19)13-9(5)18)10-8(17)7(16)6(4-15)20-10/h1-3,6-8,10,15-17H,4H2,(H,13,18,19)/b2-1+/t6-,7-,8+,10+/m1/s1. The summed E-state index contributed by atoms with van der Waals surface area (Å²) < 4.78 is 1.11. The Balaban J connectivity index is 2.46. The van der Waals surface area contributed by atoms with Gasteiger partial charge >= 0.3 is 5.69 Å². The van der Waals surface area contributed by atoms with Crippen LogP contribution < -0.4 is 11.2 Å². The molecule has 0 aliphatic carbocycles. The van der Waals surface area contributed by atoms with E-state index in [0.29, 0.717) is 0 Å². The van der Waals surface area contributed by atoms with Gasteiger partial charge in [-0.05, 0) is 6.08 Å². The van der Waals surface area contributed by atoms with Crippen LogP contribution in [0, 0.1) is 0 Å². The van der Waals surface area contributed by atoms with E-state index in [4.69, 9.17) is 16.7 Å². The summed E-state index contributed by atoms with van der Waals surface area (Å²) in [6.45, 7) is -0.327. The van der Waals surface area contributed by atoms with Gasteiger partial charge in [0.15, 0.2) is 0 Å². The van der Waals surface area contributed by atoms with Crippen LogP contribution in [-0.4, -0.2) is 48.9 Å². The first-order valence-electron chi connectivity index (χ1n) is 5.74. The Labute approximate surface area is 122 Å². The molecular weight excluding hydrogens is 308 g/mol. The second-order valence-corrected chi connectivity index (χ2v) is 5.89. The second-order valence-electron chi connectivity index (χ2n) is 4.27.